The second-order valence-electron chi connectivity index (χ2n) is 7.67. The number of aromatic nitrogens is 2. The van der Waals surface area contributed by atoms with E-state index in [2.05, 4.69) is 25.9 Å². The first-order valence-electron chi connectivity index (χ1n) is 10.5. The van der Waals surface area contributed by atoms with Crippen LogP contribution in [0.2, 0.25) is 0 Å². The van der Waals surface area contributed by atoms with Gasteiger partial charge in [0.1, 0.15) is 18.1 Å². The van der Waals surface area contributed by atoms with Crippen molar-refractivity contribution in [2.75, 3.05) is 12.0 Å². The van der Waals surface area contributed by atoms with Crippen molar-refractivity contribution in [3.63, 3.8) is 0 Å². The van der Waals surface area contributed by atoms with Crippen LogP contribution in [-0.2, 0) is 25.6 Å². The number of H-pyrrole nitrogens is 1. The Kier molecular flexibility index (Phi) is 11.8. The van der Waals surface area contributed by atoms with Crippen LogP contribution in [0.5, 0.6) is 0 Å². The Balaban J connectivity index is 2.88. The minimum atomic E-state index is -1.18. The highest BCUT2D eigenvalue weighted by Crippen LogP contribution is 2.10. The quantitative estimate of drug-likeness (QED) is 0.213. The molecule has 5 unspecified atom stereocenters. The van der Waals surface area contributed by atoms with Crippen LogP contribution in [-0.4, -0.2) is 74.9 Å². The average Bonchev–Trinajstić information content (AvgIpc) is 3.26. The van der Waals surface area contributed by atoms with Gasteiger partial charge in [-0.1, -0.05) is 20.3 Å². The van der Waals surface area contributed by atoms with E-state index in [-0.39, 0.29) is 12.3 Å². The lowest BCUT2D eigenvalue weighted by Gasteiger charge is -2.27. The van der Waals surface area contributed by atoms with Gasteiger partial charge in [-0.05, 0) is 31.3 Å². The fourth-order valence-corrected chi connectivity index (χ4v) is 3.30. The van der Waals surface area contributed by atoms with E-state index >= 15 is 0 Å². The topological polar surface area (TPSA) is 179 Å². The van der Waals surface area contributed by atoms with E-state index in [1.807, 2.05) is 13.2 Å². The van der Waals surface area contributed by atoms with E-state index in [9.17, 15) is 19.2 Å². The van der Waals surface area contributed by atoms with Crippen molar-refractivity contribution < 1.29 is 24.3 Å². The van der Waals surface area contributed by atoms with Gasteiger partial charge in [-0.2, -0.15) is 11.8 Å². The first-order chi connectivity index (χ1) is 15.1. The Labute approximate surface area is 192 Å². The number of carboxylic acid groups (broad SMARTS) is 1. The summed E-state index contributed by atoms with van der Waals surface area (Å²) in [5.74, 6) is -2.43. The summed E-state index contributed by atoms with van der Waals surface area (Å²) in [5, 5.41) is 16.8. The summed E-state index contributed by atoms with van der Waals surface area (Å²) in [4.78, 5) is 56.0. The number of rotatable bonds is 14. The second-order valence-corrected chi connectivity index (χ2v) is 8.66. The Morgan fingerprint density at radius 1 is 1.16 bits per heavy atom. The van der Waals surface area contributed by atoms with Crippen molar-refractivity contribution in [2.24, 2.45) is 11.7 Å². The molecule has 0 aliphatic heterocycles. The van der Waals surface area contributed by atoms with Crippen LogP contribution in [0.25, 0.3) is 0 Å². The standard InChI is InChI=1S/C20H34N6O5S/c1-5-11(2)16(19(29)24-12(3)20(30)31)26-18(28)15(6-7-32-4)25-17(27)14(21)8-13-9-22-10-23-13/h9-12,14-16H,5-8,21H2,1-4H3,(H,22,23)(H,24,29)(H,25,27)(H,26,28)(H,30,31). The first-order valence-corrected chi connectivity index (χ1v) is 11.9. The molecule has 180 valence electrons. The number of nitrogens with two attached hydrogens (primary N) is 1. The lowest BCUT2D eigenvalue weighted by molar-refractivity contribution is -0.142. The summed E-state index contributed by atoms with van der Waals surface area (Å²) in [7, 11) is 0. The molecule has 0 radical (unpaired) electrons. The van der Waals surface area contributed by atoms with Crippen LogP contribution in [0, 0.1) is 5.92 Å². The Morgan fingerprint density at radius 2 is 1.84 bits per heavy atom. The van der Waals surface area contributed by atoms with Gasteiger partial charge in [0.2, 0.25) is 17.7 Å². The van der Waals surface area contributed by atoms with E-state index in [0.29, 0.717) is 24.3 Å². The average molecular weight is 471 g/mol. The van der Waals surface area contributed by atoms with Gasteiger partial charge in [0.15, 0.2) is 0 Å². The monoisotopic (exact) mass is 470 g/mol. The molecule has 7 N–H and O–H groups in total. The predicted molar refractivity (Wildman–Crippen MR) is 122 cm³/mol. The third-order valence-corrected chi connectivity index (χ3v) is 5.74. The third kappa shape index (κ3) is 8.87. The summed E-state index contributed by atoms with van der Waals surface area (Å²) in [6.45, 7) is 4.99. The SMILES string of the molecule is CCC(C)C(NC(=O)C(CCSC)NC(=O)C(N)Cc1cnc[nH]1)C(=O)NC(C)C(=O)O. The predicted octanol–water partition coefficient (Wildman–Crippen LogP) is -0.362. The summed E-state index contributed by atoms with van der Waals surface area (Å²) in [6, 6.07) is -3.82. The molecule has 32 heavy (non-hydrogen) atoms. The number of hydrogen-bond donors (Lipinski definition) is 6. The number of thioether (sulfide) groups is 1. The number of amides is 3. The van der Waals surface area contributed by atoms with Gasteiger partial charge in [-0.15, -0.1) is 0 Å². The Hall–Kier alpha value is -2.60. The first kappa shape index (κ1) is 27.4. The molecule has 5 atom stereocenters. The summed E-state index contributed by atoms with van der Waals surface area (Å²) >= 11 is 1.51. The van der Waals surface area contributed by atoms with Crippen molar-refractivity contribution in [1.82, 2.24) is 25.9 Å². The van der Waals surface area contributed by atoms with Gasteiger partial charge < -0.3 is 31.8 Å². The van der Waals surface area contributed by atoms with Crippen molar-refractivity contribution in [2.45, 2.75) is 64.2 Å². The van der Waals surface area contributed by atoms with Crippen molar-refractivity contribution in [3.8, 4) is 0 Å². The van der Waals surface area contributed by atoms with E-state index < -0.39 is 47.9 Å². The van der Waals surface area contributed by atoms with E-state index in [0.717, 1.165) is 0 Å². The molecule has 11 nitrogen and oxygen atoms in total. The maximum Gasteiger partial charge on any atom is 0.325 e. The number of nitrogens with zero attached hydrogens (tertiary/aromatic N) is 1. The maximum absolute atomic E-state index is 13.0. The van der Waals surface area contributed by atoms with Gasteiger partial charge in [-0.25, -0.2) is 4.98 Å². The summed E-state index contributed by atoms with van der Waals surface area (Å²) in [6.07, 6.45) is 6.09. The molecular formula is C20H34N6O5S. The number of imidazole rings is 1. The van der Waals surface area contributed by atoms with Crippen molar-refractivity contribution in [1.29, 1.82) is 0 Å². The number of aliphatic carboxylic acids is 1. The molecule has 0 saturated heterocycles. The molecule has 1 heterocycles. The zero-order valence-electron chi connectivity index (χ0n) is 18.9. The maximum atomic E-state index is 13.0. The van der Waals surface area contributed by atoms with Crippen LogP contribution in [0.4, 0.5) is 0 Å². The van der Waals surface area contributed by atoms with E-state index in [4.69, 9.17) is 10.8 Å². The van der Waals surface area contributed by atoms with Gasteiger partial charge in [0.25, 0.3) is 0 Å². The molecule has 12 heteroatoms. The van der Waals surface area contributed by atoms with E-state index in [1.165, 1.54) is 25.0 Å². The number of nitrogens with one attached hydrogen (secondary N) is 4. The number of carbonyl (C=O) groups excluding carboxylic acids is 3. The molecule has 1 rings (SSSR count). The molecule has 0 saturated carbocycles. The zero-order chi connectivity index (χ0) is 24.3. The molecule has 0 bridgehead atoms. The van der Waals surface area contributed by atoms with Crippen LogP contribution in [0.1, 0.15) is 39.3 Å². The van der Waals surface area contributed by atoms with Gasteiger partial charge in [0.05, 0.1) is 12.4 Å². The third-order valence-electron chi connectivity index (χ3n) is 5.10. The van der Waals surface area contributed by atoms with E-state index in [1.54, 1.807) is 13.1 Å². The van der Waals surface area contributed by atoms with Crippen LogP contribution >= 0.6 is 11.8 Å². The number of hydrogen-bond acceptors (Lipinski definition) is 7. The smallest absolute Gasteiger partial charge is 0.325 e. The molecule has 0 aromatic carbocycles. The van der Waals surface area contributed by atoms with Crippen LogP contribution < -0.4 is 21.7 Å². The molecule has 1 aromatic heterocycles. The molecule has 3 amide bonds. The molecule has 0 fully saturated rings. The Bertz CT molecular complexity index is 760. The molecular weight excluding hydrogens is 436 g/mol. The molecule has 0 aliphatic carbocycles. The van der Waals surface area contributed by atoms with Crippen molar-refractivity contribution in [3.05, 3.63) is 18.2 Å². The lowest BCUT2D eigenvalue weighted by Crippen LogP contribution is -2.58. The normalized spacial score (nSPS) is 15.7. The summed E-state index contributed by atoms with van der Waals surface area (Å²) in [5.41, 5.74) is 6.66. The van der Waals surface area contributed by atoms with Crippen LogP contribution in [0.3, 0.4) is 0 Å². The van der Waals surface area contributed by atoms with Crippen LogP contribution in [0.15, 0.2) is 12.5 Å². The molecule has 0 aliphatic rings. The fourth-order valence-electron chi connectivity index (χ4n) is 2.83. The van der Waals surface area contributed by atoms with Gasteiger partial charge >= 0.3 is 5.97 Å². The number of aromatic amines is 1. The van der Waals surface area contributed by atoms with Gasteiger partial charge in [0, 0.05) is 18.3 Å². The zero-order valence-corrected chi connectivity index (χ0v) is 19.7. The molecule has 0 spiro atoms. The number of carboxylic acids is 1. The number of carbonyl (C=O) groups is 4. The minimum absolute atomic E-state index is 0.230. The highest BCUT2D eigenvalue weighted by Gasteiger charge is 2.31. The second kappa shape index (κ2) is 13.7. The Morgan fingerprint density at radius 3 is 2.38 bits per heavy atom. The highest BCUT2D eigenvalue weighted by molar-refractivity contribution is 7.98. The largest absolute Gasteiger partial charge is 0.480 e. The molecule has 1 aromatic rings. The summed E-state index contributed by atoms with van der Waals surface area (Å²) < 4.78 is 0. The fraction of sp³-hybridized carbons (Fsp3) is 0.650. The minimum Gasteiger partial charge on any atom is -0.480 e. The lowest BCUT2D eigenvalue weighted by atomic mass is 9.97. The highest BCUT2D eigenvalue weighted by atomic mass is 32.2. The van der Waals surface area contributed by atoms with Crippen molar-refractivity contribution >= 4 is 35.5 Å². The van der Waals surface area contributed by atoms with Gasteiger partial charge in [-0.3, -0.25) is 19.2 Å².